The summed E-state index contributed by atoms with van der Waals surface area (Å²) < 4.78 is 27.6. The van der Waals surface area contributed by atoms with Crippen molar-refractivity contribution in [2.24, 2.45) is 0 Å². The topological polar surface area (TPSA) is 17.1 Å². The van der Waals surface area contributed by atoms with Crippen LogP contribution >= 0.6 is 22.2 Å². The second kappa shape index (κ2) is 5.58. The van der Waals surface area contributed by atoms with Crippen molar-refractivity contribution >= 4 is 32.9 Å². The van der Waals surface area contributed by atoms with Gasteiger partial charge >= 0.3 is 0 Å². The van der Waals surface area contributed by atoms with E-state index in [0.717, 1.165) is 31.7 Å². The van der Waals surface area contributed by atoms with Crippen LogP contribution in [0.2, 0.25) is 0 Å². The van der Waals surface area contributed by atoms with Crippen molar-refractivity contribution in [2.45, 2.75) is 19.6 Å². The quantitative estimate of drug-likeness (QED) is 0.515. The number of hydrogen-bond acceptors (Lipinski definition) is 2. The Kier molecular flexibility index (Phi) is 3.54. The van der Waals surface area contributed by atoms with Gasteiger partial charge in [0.15, 0.2) is 11.7 Å². The molecule has 23 heavy (non-hydrogen) atoms. The predicted octanol–water partition coefficient (Wildman–Crippen LogP) is 5.30. The number of fused-ring (bicyclic) bond motifs is 2. The van der Waals surface area contributed by atoms with Gasteiger partial charge in [0, 0.05) is 24.4 Å². The SMILES string of the molecule is O=C1C(F)=CC(=S2c3ccccc3Sc3ccccc32)C=C1F. The van der Waals surface area contributed by atoms with E-state index in [-0.39, 0.29) is 0 Å². The Labute approximate surface area is 138 Å². The third-order valence-electron chi connectivity index (χ3n) is 3.57. The fourth-order valence-electron chi connectivity index (χ4n) is 2.55. The lowest BCUT2D eigenvalue weighted by atomic mass is 10.1. The van der Waals surface area contributed by atoms with E-state index < -0.39 is 27.9 Å². The summed E-state index contributed by atoms with van der Waals surface area (Å²) in [4.78, 5) is 16.0. The summed E-state index contributed by atoms with van der Waals surface area (Å²) in [6.45, 7) is 0. The van der Waals surface area contributed by atoms with Crippen LogP contribution in [0.5, 0.6) is 0 Å². The molecule has 0 unspecified atom stereocenters. The first kappa shape index (κ1) is 14.6. The molecule has 2 aliphatic rings. The van der Waals surface area contributed by atoms with E-state index in [9.17, 15) is 13.6 Å². The summed E-state index contributed by atoms with van der Waals surface area (Å²) in [6, 6.07) is 15.7. The number of ketones is 1. The molecule has 2 aromatic rings. The molecular formula is C18H10F2OS2. The largest absolute Gasteiger partial charge is 0.283 e. The van der Waals surface area contributed by atoms with Crippen LogP contribution in [0.4, 0.5) is 8.78 Å². The molecule has 0 aromatic heterocycles. The number of benzene rings is 2. The minimum Gasteiger partial charge on any atom is -0.283 e. The predicted molar refractivity (Wildman–Crippen MR) is 89.5 cm³/mol. The minimum atomic E-state index is -1.18. The zero-order chi connectivity index (χ0) is 16.0. The van der Waals surface area contributed by atoms with E-state index in [2.05, 4.69) is 0 Å². The van der Waals surface area contributed by atoms with Crippen LogP contribution in [-0.4, -0.2) is 10.6 Å². The Morgan fingerprint density at radius 1 is 0.783 bits per heavy atom. The van der Waals surface area contributed by atoms with Gasteiger partial charge in [0.25, 0.3) is 0 Å². The third-order valence-corrected chi connectivity index (χ3v) is 7.27. The number of rotatable bonds is 0. The first-order valence-corrected chi connectivity index (χ1v) is 8.95. The molecule has 0 fully saturated rings. The van der Waals surface area contributed by atoms with Gasteiger partial charge in [-0.3, -0.25) is 4.79 Å². The molecule has 0 saturated carbocycles. The number of hydrogen-bond donors (Lipinski definition) is 0. The number of carbonyl (C=O) groups excluding carboxylic acids is 1. The first-order valence-electron chi connectivity index (χ1n) is 6.91. The third kappa shape index (κ3) is 2.40. The van der Waals surface area contributed by atoms with Gasteiger partial charge < -0.3 is 0 Å². The van der Waals surface area contributed by atoms with E-state index in [4.69, 9.17) is 0 Å². The molecule has 1 aliphatic heterocycles. The molecule has 0 bridgehead atoms. The van der Waals surface area contributed by atoms with E-state index >= 15 is 0 Å². The highest BCUT2D eigenvalue weighted by Crippen LogP contribution is 2.53. The van der Waals surface area contributed by atoms with Gasteiger partial charge in [-0.1, -0.05) is 36.0 Å². The summed E-state index contributed by atoms with van der Waals surface area (Å²) in [5.74, 6) is -3.26. The summed E-state index contributed by atoms with van der Waals surface area (Å²) >= 11 is 1.65. The number of carbonyl (C=O) groups is 1. The molecule has 2 aromatic carbocycles. The van der Waals surface area contributed by atoms with Gasteiger partial charge in [0.05, 0.1) is 0 Å². The fraction of sp³-hybridized carbons (Fsp3) is 0. The van der Waals surface area contributed by atoms with Crippen LogP contribution < -0.4 is 0 Å². The molecule has 0 N–H and O–H groups in total. The fourth-order valence-corrected chi connectivity index (χ4v) is 6.32. The van der Waals surface area contributed by atoms with Crippen LogP contribution in [0.15, 0.2) is 91.9 Å². The summed E-state index contributed by atoms with van der Waals surface area (Å²) in [7, 11) is -0.626. The van der Waals surface area contributed by atoms with E-state index in [1.807, 2.05) is 48.5 Å². The van der Waals surface area contributed by atoms with E-state index in [1.54, 1.807) is 11.8 Å². The number of allylic oxidation sites excluding steroid dienone is 4. The number of Topliss-reactive ketones (excluding diaryl/α,β-unsaturated/α-hetero) is 1. The van der Waals surface area contributed by atoms with Crippen LogP contribution in [-0.2, 0) is 4.79 Å². The summed E-state index contributed by atoms with van der Waals surface area (Å²) in [5, 5.41) is 0. The zero-order valence-corrected chi connectivity index (χ0v) is 13.4. The average Bonchev–Trinajstić information content (AvgIpc) is 2.57. The highest BCUT2D eigenvalue weighted by atomic mass is 32.2. The molecule has 0 saturated heterocycles. The monoisotopic (exact) mass is 344 g/mol. The molecule has 0 radical (unpaired) electrons. The summed E-state index contributed by atoms with van der Waals surface area (Å²) in [5.41, 5.74) is 0. The molecule has 4 rings (SSSR count). The molecule has 1 heterocycles. The molecule has 1 nitrogen and oxygen atoms in total. The minimum absolute atomic E-state index is 0.486. The molecule has 0 atom stereocenters. The van der Waals surface area contributed by atoms with Gasteiger partial charge in [-0.25, -0.2) is 8.78 Å². The highest BCUT2D eigenvalue weighted by Gasteiger charge is 2.26. The second-order valence-electron chi connectivity index (χ2n) is 5.02. The Morgan fingerprint density at radius 3 is 1.78 bits per heavy atom. The van der Waals surface area contributed by atoms with Gasteiger partial charge in [-0.2, -0.15) is 0 Å². The van der Waals surface area contributed by atoms with Crippen molar-refractivity contribution in [3.63, 3.8) is 0 Å². The molecule has 5 heteroatoms. The summed E-state index contributed by atoms with van der Waals surface area (Å²) in [6.07, 6.45) is 2.33. The Hall–Kier alpha value is -1.98. The van der Waals surface area contributed by atoms with Crippen molar-refractivity contribution in [3.8, 4) is 0 Å². The highest BCUT2D eigenvalue weighted by molar-refractivity contribution is 8.18. The lowest BCUT2D eigenvalue weighted by molar-refractivity contribution is -0.114. The molecule has 114 valence electrons. The molecular weight excluding hydrogens is 334 g/mol. The second-order valence-corrected chi connectivity index (χ2v) is 8.06. The van der Waals surface area contributed by atoms with Crippen molar-refractivity contribution in [2.75, 3.05) is 0 Å². The van der Waals surface area contributed by atoms with Gasteiger partial charge in [-0.15, -0.1) is 10.5 Å². The Balaban J connectivity index is 2.06. The van der Waals surface area contributed by atoms with E-state index in [0.29, 0.717) is 4.86 Å². The van der Waals surface area contributed by atoms with Gasteiger partial charge in [0.1, 0.15) is 0 Å². The van der Waals surface area contributed by atoms with Crippen LogP contribution in [0.3, 0.4) is 0 Å². The van der Waals surface area contributed by atoms with Crippen molar-refractivity contribution in [1.29, 1.82) is 0 Å². The smallest absolute Gasteiger partial charge is 0.249 e. The van der Waals surface area contributed by atoms with Crippen LogP contribution in [0.25, 0.3) is 0 Å². The maximum Gasteiger partial charge on any atom is 0.249 e. The molecule has 0 amide bonds. The lowest BCUT2D eigenvalue weighted by Gasteiger charge is -2.25. The molecule has 1 aliphatic carbocycles. The number of halogens is 2. The Bertz CT molecular complexity index is 870. The van der Waals surface area contributed by atoms with Gasteiger partial charge in [0.2, 0.25) is 5.78 Å². The maximum absolute atomic E-state index is 13.8. The van der Waals surface area contributed by atoms with Crippen LogP contribution in [0.1, 0.15) is 0 Å². The van der Waals surface area contributed by atoms with E-state index in [1.165, 1.54) is 0 Å². The standard InChI is InChI=1S/C18H10F2OS2/c19-12-9-11(10-13(20)18(12)21)23-16-7-3-1-5-14(16)22-15-6-2-4-8-17(15)23/h1-10H. The first-order chi connectivity index (χ1) is 11.1. The Morgan fingerprint density at radius 2 is 1.26 bits per heavy atom. The average molecular weight is 344 g/mol. The normalized spacial score (nSPS) is 17.3. The maximum atomic E-state index is 13.8. The van der Waals surface area contributed by atoms with Crippen LogP contribution in [0, 0.1) is 0 Å². The molecule has 0 spiro atoms. The van der Waals surface area contributed by atoms with Crippen molar-refractivity contribution in [1.82, 2.24) is 0 Å². The van der Waals surface area contributed by atoms with Gasteiger partial charge in [-0.05, 0) is 36.4 Å². The lowest BCUT2D eigenvalue weighted by Crippen LogP contribution is -2.10. The zero-order valence-electron chi connectivity index (χ0n) is 11.8. The van der Waals surface area contributed by atoms with Crippen molar-refractivity contribution in [3.05, 3.63) is 72.3 Å². The van der Waals surface area contributed by atoms with Crippen molar-refractivity contribution < 1.29 is 13.6 Å².